The zero-order chi connectivity index (χ0) is 14.4. The molecule has 0 amide bonds. The Morgan fingerprint density at radius 3 is 2.60 bits per heavy atom. The second-order valence-corrected chi connectivity index (χ2v) is 4.17. The minimum absolute atomic E-state index is 0.00885. The van der Waals surface area contributed by atoms with Crippen LogP contribution in [0.5, 0.6) is 11.5 Å². The van der Waals surface area contributed by atoms with Crippen LogP contribution in [0.4, 0.5) is 0 Å². The summed E-state index contributed by atoms with van der Waals surface area (Å²) in [5, 5.41) is 18.2. The Bertz CT molecular complexity index is 618. The number of ether oxygens (including phenoxy) is 1. The summed E-state index contributed by atoms with van der Waals surface area (Å²) >= 11 is 0. The molecule has 2 aromatic carbocycles. The number of carbonyl (C=O) groups is 1. The van der Waals surface area contributed by atoms with Crippen molar-refractivity contribution < 1.29 is 19.7 Å². The third kappa shape index (κ3) is 3.88. The first kappa shape index (κ1) is 13.7. The van der Waals surface area contributed by atoms with E-state index < -0.39 is 5.97 Å². The Hall–Kier alpha value is -2.75. The highest BCUT2D eigenvalue weighted by molar-refractivity contribution is 5.86. The summed E-state index contributed by atoms with van der Waals surface area (Å²) in [6, 6.07) is 14.4. The van der Waals surface area contributed by atoms with E-state index in [0.717, 1.165) is 11.6 Å². The first-order chi connectivity index (χ1) is 9.65. The van der Waals surface area contributed by atoms with Crippen LogP contribution in [-0.2, 0) is 11.4 Å². The lowest BCUT2D eigenvalue weighted by Gasteiger charge is -2.08. The molecular formula is C16H14O4. The molecule has 4 heteroatoms. The van der Waals surface area contributed by atoms with Gasteiger partial charge in [-0.05, 0) is 29.8 Å². The average Bonchev–Trinajstić information content (AvgIpc) is 2.46. The molecule has 0 aromatic heterocycles. The van der Waals surface area contributed by atoms with Crippen molar-refractivity contribution in [2.24, 2.45) is 0 Å². The Morgan fingerprint density at radius 2 is 1.90 bits per heavy atom. The Balaban J connectivity index is 2.09. The van der Waals surface area contributed by atoms with E-state index in [1.807, 2.05) is 30.3 Å². The van der Waals surface area contributed by atoms with Crippen molar-refractivity contribution in [3.8, 4) is 11.5 Å². The van der Waals surface area contributed by atoms with Gasteiger partial charge in [-0.25, -0.2) is 4.79 Å². The van der Waals surface area contributed by atoms with Gasteiger partial charge in [0, 0.05) is 11.6 Å². The van der Waals surface area contributed by atoms with Crippen LogP contribution in [0.1, 0.15) is 11.1 Å². The monoisotopic (exact) mass is 270 g/mol. The van der Waals surface area contributed by atoms with Gasteiger partial charge in [0.05, 0.1) is 0 Å². The fraction of sp³-hybridized carbons (Fsp3) is 0.0625. The number of carboxylic acids is 1. The molecule has 0 bridgehead atoms. The normalized spacial score (nSPS) is 10.6. The molecule has 0 aliphatic rings. The van der Waals surface area contributed by atoms with Crippen molar-refractivity contribution in [3.63, 3.8) is 0 Å². The summed E-state index contributed by atoms with van der Waals surface area (Å²) in [5.74, 6) is -0.494. The van der Waals surface area contributed by atoms with Crippen molar-refractivity contribution in [1.82, 2.24) is 0 Å². The van der Waals surface area contributed by atoms with E-state index in [0.29, 0.717) is 17.9 Å². The second-order valence-electron chi connectivity index (χ2n) is 4.17. The number of rotatable bonds is 5. The van der Waals surface area contributed by atoms with Gasteiger partial charge >= 0.3 is 5.97 Å². The second kappa shape index (κ2) is 6.43. The number of benzene rings is 2. The van der Waals surface area contributed by atoms with Crippen molar-refractivity contribution in [3.05, 3.63) is 65.7 Å². The lowest BCUT2D eigenvalue weighted by atomic mass is 10.1. The third-order valence-electron chi connectivity index (χ3n) is 2.65. The number of aliphatic carboxylic acids is 1. The smallest absolute Gasteiger partial charge is 0.328 e. The molecule has 2 rings (SSSR count). The van der Waals surface area contributed by atoms with Gasteiger partial charge in [0.2, 0.25) is 0 Å². The molecule has 4 nitrogen and oxygen atoms in total. The Labute approximate surface area is 116 Å². The van der Waals surface area contributed by atoms with Gasteiger partial charge in [0.15, 0.2) is 0 Å². The van der Waals surface area contributed by atoms with Crippen LogP contribution in [-0.4, -0.2) is 16.2 Å². The molecule has 0 atom stereocenters. The highest BCUT2D eigenvalue weighted by atomic mass is 16.5. The van der Waals surface area contributed by atoms with Crippen LogP contribution in [0.25, 0.3) is 6.08 Å². The van der Waals surface area contributed by atoms with Crippen LogP contribution >= 0.6 is 0 Å². The highest BCUT2D eigenvalue weighted by Crippen LogP contribution is 2.24. The molecule has 102 valence electrons. The number of hydrogen-bond acceptors (Lipinski definition) is 3. The van der Waals surface area contributed by atoms with Crippen molar-refractivity contribution in [2.45, 2.75) is 6.61 Å². The number of phenols is 1. The van der Waals surface area contributed by atoms with E-state index in [1.54, 1.807) is 12.1 Å². The molecule has 0 unspecified atom stereocenters. The number of aromatic hydroxyl groups is 1. The molecule has 2 N–H and O–H groups in total. The van der Waals surface area contributed by atoms with E-state index in [-0.39, 0.29) is 5.75 Å². The molecular weight excluding hydrogens is 256 g/mol. The molecule has 0 radical (unpaired) electrons. The molecule has 0 saturated carbocycles. The minimum Gasteiger partial charge on any atom is -0.507 e. The van der Waals surface area contributed by atoms with Gasteiger partial charge in [-0.1, -0.05) is 30.3 Å². The zero-order valence-electron chi connectivity index (χ0n) is 10.7. The highest BCUT2D eigenvalue weighted by Gasteiger charge is 2.02. The number of hydrogen-bond donors (Lipinski definition) is 2. The summed E-state index contributed by atoms with van der Waals surface area (Å²) in [4.78, 5) is 10.5. The van der Waals surface area contributed by atoms with Crippen LogP contribution in [0, 0.1) is 0 Å². The Kier molecular flexibility index (Phi) is 4.39. The van der Waals surface area contributed by atoms with Crippen LogP contribution in [0.2, 0.25) is 0 Å². The summed E-state index contributed by atoms with van der Waals surface area (Å²) in [5.41, 5.74) is 1.43. The number of phenolic OH excluding ortho intramolecular Hbond substituents is 1. The van der Waals surface area contributed by atoms with E-state index in [9.17, 15) is 9.90 Å². The molecule has 2 aromatic rings. The standard InChI is InChI=1S/C16H14O4/c17-15-8-7-14(10-13(15)6-9-16(18)19)20-11-12-4-2-1-3-5-12/h1-10,17H,11H2,(H,18,19). The van der Waals surface area contributed by atoms with Crippen molar-refractivity contribution in [2.75, 3.05) is 0 Å². The van der Waals surface area contributed by atoms with Crippen molar-refractivity contribution in [1.29, 1.82) is 0 Å². The number of carboxylic acid groups (broad SMARTS) is 1. The lowest BCUT2D eigenvalue weighted by molar-refractivity contribution is -0.131. The maximum Gasteiger partial charge on any atom is 0.328 e. The lowest BCUT2D eigenvalue weighted by Crippen LogP contribution is -1.95. The molecule has 0 aliphatic heterocycles. The topological polar surface area (TPSA) is 66.8 Å². The SMILES string of the molecule is O=C(O)C=Cc1cc(OCc2ccccc2)ccc1O. The fourth-order valence-corrected chi connectivity index (χ4v) is 1.66. The van der Waals surface area contributed by atoms with Crippen LogP contribution in [0.3, 0.4) is 0 Å². The van der Waals surface area contributed by atoms with Gasteiger partial charge in [-0.15, -0.1) is 0 Å². The maximum absolute atomic E-state index is 10.5. The average molecular weight is 270 g/mol. The summed E-state index contributed by atoms with van der Waals surface area (Å²) in [7, 11) is 0. The van der Waals surface area contributed by atoms with E-state index in [4.69, 9.17) is 9.84 Å². The molecule has 20 heavy (non-hydrogen) atoms. The fourth-order valence-electron chi connectivity index (χ4n) is 1.66. The minimum atomic E-state index is -1.07. The predicted octanol–water partition coefficient (Wildman–Crippen LogP) is 3.07. The molecule has 0 heterocycles. The van der Waals surface area contributed by atoms with Crippen LogP contribution < -0.4 is 4.74 Å². The third-order valence-corrected chi connectivity index (χ3v) is 2.65. The first-order valence-corrected chi connectivity index (χ1v) is 6.06. The van der Waals surface area contributed by atoms with Gasteiger partial charge < -0.3 is 14.9 Å². The van der Waals surface area contributed by atoms with E-state index in [2.05, 4.69) is 0 Å². The van der Waals surface area contributed by atoms with Gasteiger partial charge in [0.25, 0.3) is 0 Å². The summed E-state index contributed by atoms with van der Waals surface area (Å²) in [6.07, 6.45) is 2.29. The largest absolute Gasteiger partial charge is 0.507 e. The van der Waals surface area contributed by atoms with Gasteiger partial charge in [0.1, 0.15) is 18.1 Å². The quantitative estimate of drug-likeness (QED) is 0.819. The molecule has 0 aliphatic carbocycles. The van der Waals surface area contributed by atoms with E-state index in [1.165, 1.54) is 12.1 Å². The predicted molar refractivity (Wildman–Crippen MR) is 75.6 cm³/mol. The van der Waals surface area contributed by atoms with E-state index >= 15 is 0 Å². The molecule has 0 spiro atoms. The molecule has 0 saturated heterocycles. The van der Waals surface area contributed by atoms with Crippen LogP contribution in [0.15, 0.2) is 54.6 Å². The summed E-state index contributed by atoms with van der Waals surface area (Å²) < 4.78 is 5.60. The first-order valence-electron chi connectivity index (χ1n) is 6.06. The van der Waals surface area contributed by atoms with Crippen molar-refractivity contribution >= 4 is 12.0 Å². The summed E-state index contributed by atoms with van der Waals surface area (Å²) in [6.45, 7) is 0.410. The van der Waals surface area contributed by atoms with Gasteiger partial charge in [-0.2, -0.15) is 0 Å². The molecule has 0 fully saturated rings. The Morgan fingerprint density at radius 1 is 1.15 bits per heavy atom. The van der Waals surface area contributed by atoms with Gasteiger partial charge in [-0.3, -0.25) is 0 Å². The maximum atomic E-state index is 10.5. The zero-order valence-corrected chi connectivity index (χ0v) is 10.7.